The average Bonchev–Trinajstić information content (AvgIpc) is 2.07. The molecule has 11 heavy (non-hydrogen) atoms. The van der Waals surface area contributed by atoms with Crippen molar-refractivity contribution in [3.05, 3.63) is 12.3 Å². The second-order valence-corrected chi connectivity index (χ2v) is 2.15. The molecule has 0 saturated carbocycles. The first-order chi connectivity index (χ1) is 5.34. The molecule has 0 saturated heterocycles. The number of hydrogen-bond acceptors (Lipinski definition) is 3. The van der Waals surface area contributed by atoms with Crippen molar-refractivity contribution >= 4 is 6.09 Å². The van der Waals surface area contributed by atoms with Crippen LogP contribution in [0.3, 0.4) is 0 Å². The summed E-state index contributed by atoms with van der Waals surface area (Å²) in [6.45, 7) is 2.98. The van der Waals surface area contributed by atoms with E-state index in [1.165, 1.54) is 5.01 Å². The fourth-order valence-electron chi connectivity index (χ4n) is 0.819. The first-order valence-electron chi connectivity index (χ1n) is 3.70. The SMILES string of the molecule is CCOC(=O)N1C=CCCN1. The number of nitrogens with one attached hydrogen (secondary N) is 1. The molecule has 0 aromatic rings. The van der Waals surface area contributed by atoms with Crippen LogP contribution in [-0.2, 0) is 4.74 Å². The van der Waals surface area contributed by atoms with Crippen LogP contribution in [0.5, 0.6) is 0 Å². The summed E-state index contributed by atoms with van der Waals surface area (Å²) >= 11 is 0. The zero-order valence-corrected chi connectivity index (χ0v) is 6.54. The highest BCUT2D eigenvalue weighted by Crippen LogP contribution is 1.97. The third-order valence-corrected chi connectivity index (χ3v) is 1.31. The molecule has 0 spiro atoms. The summed E-state index contributed by atoms with van der Waals surface area (Å²) < 4.78 is 4.75. The Morgan fingerprint density at radius 3 is 3.18 bits per heavy atom. The van der Waals surface area contributed by atoms with Gasteiger partial charge in [0, 0.05) is 12.7 Å². The molecule has 0 aliphatic carbocycles. The maximum Gasteiger partial charge on any atom is 0.428 e. The van der Waals surface area contributed by atoms with Crippen LogP contribution in [0, 0.1) is 0 Å². The number of hydrogen-bond donors (Lipinski definition) is 1. The lowest BCUT2D eigenvalue weighted by molar-refractivity contribution is 0.105. The van der Waals surface area contributed by atoms with Crippen LogP contribution in [0.1, 0.15) is 13.3 Å². The van der Waals surface area contributed by atoms with Gasteiger partial charge < -0.3 is 4.74 Å². The summed E-state index contributed by atoms with van der Waals surface area (Å²) in [5, 5.41) is 1.35. The highest BCUT2D eigenvalue weighted by Gasteiger charge is 2.11. The van der Waals surface area contributed by atoms with E-state index in [9.17, 15) is 4.79 Å². The minimum absolute atomic E-state index is 0.344. The first kappa shape index (κ1) is 8.07. The molecule has 4 nitrogen and oxygen atoms in total. The maximum atomic E-state index is 11.0. The van der Waals surface area contributed by atoms with Gasteiger partial charge in [0.05, 0.1) is 6.61 Å². The Kier molecular flexibility index (Phi) is 2.92. The quantitative estimate of drug-likeness (QED) is 0.612. The third kappa shape index (κ3) is 2.23. The van der Waals surface area contributed by atoms with Crippen molar-refractivity contribution < 1.29 is 9.53 Å². The van der Waals surface area contributed by atoms with E-state index in [2.05, 4.69) is 5.43 Å². The van der Waals surface area contributed by atoms with Crippen LogP contribution in [0.25, 0.3) is 0 Å². The predicted molar refractivity (Wildman–Crippen MR) is 40.6 cm³/mol. The zero-order chi connectivity index (χ0) is 8.10. The van der Waals surface area contributed by atoms with Gasteiger partial charge in [0.25, 0.3) is 0 Å². The Hall–Kier alpha value is -1.03. The number of nitrogens with zero attached hydrogens (tertiary/aromatic N) is 1. The number of carbonyl (C=O) groups is 1. The summed E-state index contributed by atoms with van der Waals surface area (Å²) in [7, 11) is 0. The van der Waals surface area contributed by atoms with Crippen LogP contribution < -0.4 is 5.43 Å². The Morgan fingerprint density at radius 1 is 1.82 bits per heavy atom. The van der Waals surface area contributed by atoms with Crippen molar-refractivity contribution in [1.82, 2.24) is 10.4 Å². The van der Waals surface area contributed by atoms with Crippen molar-refractivity contribution in [2.24, 2.45) is 0 Å². The largest absolute Gasteiger partial charge is 0.449 e. The van der Waals surface area contributed by atoms with Gasteiger partial charge in [0.15, 0.2) is 0 Å². The highest BCUT2D eigenvalue weighted by molar-refractivity contribution is 5.68. The predicted octanol–water partition coefficient (Wildman–Crippen LogP) is 0.867. The van der Waals surface area contributed by atoms with Crippen molar-refractivity contribution in [3.63, 3.8) is 0 Å². The average molecular weight is 156 g/mol. The van der Waals surface area contributed by atoms with Gasteiger partial charge in [-0.2, -0.15) is 0 Å². The van der Waals surface area contributed by atoms with Gasteiger partial charge in [-0.15, -0.1) is 0 Å². The van der Waals surface area contributed by atoms with Crippen LogP contribution in [0.4, 0.5) is 4.79 Å². The summed E-state index contributed by atoms with van der Waals surface area (Å²) in [5.41, 5.74) is 2.88. The highest BCUT2D eigenvalue weighted by atomic mass is 16.6. The number of rotatable bonds is 1. The molecule has 62 valence electrons. The second-order valence-electron chi connectivity index (χ2n) is 2.15. The lowest BCUT2D eigenvalue weighted by atomic mass is 10.4. The smallest absolute Gasteiger partial charge is 0.428 e. The van der Waals surface area contributed by atoms with Gasteiger partial charge >= 0.3 is 6.09 Å². The van der Waals surface area contributed by atoms with Gasteiger partial charge in [0.2, 0.25) is 0 Å². The molecule has 1 aliphatic heterocycles. The summed E-state index contributed by atoms with van der Waals surface area (Å²) in [4.78, 5) is 11.0. The second kappa shape index (κ2) is 3.98. The minimum Gasteiger partial charge on any atom is -0.449 e. The van der Waals surface area contributed by atoms with Gasteiger partial charge in [-0.3, -0.25) is 0 Å². The Morgan fingerprint density at radius 2 is 2.64 bits per heavy atom. The maximum absolute atomic E-state index is 11.0. The molecule has 0 bridgehead atoms. The van der Waals surface area contributed by atoms with E-state index < -0.39 is 0 Å². The van der Waals surface area contributed by atoms with E-state index >= 15 is 0 Å². The van der Waals surface area contributed by atoms with Crippen LogP contribution in [-0.4, -0.2) is 24.3 Å². The molecule has 0 aromatic carbocycles. The molecule has 0 aromatic heterocycles. The molecule has 4 heteroatoms. The number of hydrazine groups is 1. The van der Waals surface area contributed by atoms with E-state index in [1.54, 1.807) is 13.1 Å². The van der Waals surface area contributed by atoms with Crippen molar-refractivity contribution in [3.8, 4) is 0 Å². The van der Waals surface area contributed by atoms with Gasteiger partial charge in [-0.05, 0) is 13.3 Å². The minimum atomic E-state index is -0.344. The monoisotopic (exact) mass is 156 g/mol. The number of carbonyl (C=O) groups excluding carboxylic acids is 1. The van der Waals surface area contributed by atoms with E-state index in [0.717, 1.165) is 13.0 Å². The first-order valence-corrected chi connectivity index (χ1v) is 3.70. The van der Waals surface area contributed by atoms with E-state index in [0.29, 0.717) is 6.61 Å². The number of amides is 1. The molecule has 0 radical (unpaired) electrons. The van der Waals surface area contributed by atoms with E-state index in [-0.39, 0.29) is 6.09 Å². The molecular weight excluding hydrogens is 144 g/mol. The molecule has 1 rings (SSSR count). The van der Waals surface area contributed by atoms with Crippen molar-refractivity contribution in [2.75, 3.05) is 13.2 Å². The standard InChI is InChI=1S/C7H12N2O2/c1-2-11-7(10)9-6-4-3-5-8-9/h4,6,8H,2-3,5H2,1H3. The summed E-state index contributed by atoms with van der Waals surface area (Å²) in [6, 6.07) is 0. The molecule has 0 atom stereocenters. The van der Waals surface area contributed by atoms with Gasteiger partial charge in [0.1, 0.15) is 0 Å². The van der Waals surface area contributed by atoms with Gasteiger partial charge in [-0.1, -0.05) is 6.08 Å². The molecule has 1 aliphatic rings. The normalized spacial score (nSPS) is 16.6. The Labute approximate surface area is 65.8 Å². The van der Waals surface area contributed by atoms with E-state index in [4.69, 9.17) is 4.74 Å². The van der Waals surface area contributed by atoms with Crippen molar-refractivity contribution in [1.29, 1.82) is 0 Å². The van der Waals surface area contributed by atoms with Crippen LogP contribution in [0.15, 0.2) is 12.3 Å². The van der Waals surface area contributed by atoms with Crippen molar-refractivity contribution in [2.45, 2.75) is 13.3 Å². The Bertz CT molecular complexity index is 168. The summed E-state index contributed by atoms with van der Waals surface area (Å²) in [5.74, 6) is 0. The fraction of sp³-hybridized carbons (Fsp3) is 0.571. The summed E-state index contributed by atoms with van der Waals surface area (Å²) in [6.07, 6.45) is 4.22. The molecular formula is C7H12N2O2. The number of ether oxygens (including phenoxy) is 1. The lowest BCUT2D eigenvalue weighted by Gasteiger charge is -2.21. The van der Waals surface area contributed by atoms with Gasteiger partial charge in [-0.25, -0.2) is 15.2 Å². The molecule has 1 amide bonds. The zero-order valence-electron chi connectivity index (χ0n) is 6.54. The Balaban J connectivity index is 2.39. The molecule has 1 heterocycles. The molecule has 0 fully saturated rings. The van der Waals surface area contributed by atoms with Crippen LogP contribution in [0.2, 0.25) is 0 Å². The fourth-order valence-corrected chi connectivity index (χ4v) is 0.819. The topological polar surface area (TPSA) is 41.6 Å². The molecule has 1 N–H and O–H groups in total. The molecule has 0 unspecified atom stereocenters. The third-order valence-electron chi connectivity index (χ3n) is 1.31. The van der Waals surface area contributed by atoms with Crippen LogP contribution >= 0.6 is 0 Å². The lowest BCUT2D eigenvalue weighted by Crippen LogP contribution is -2.41. The van der Waals surface area contributed by atoms with E-state index in [1.807, 2.05) is 6.08 Å².